The smallest absolute Gasteiger partial charge is 0.105 e. The molecule has 2 rings (SSSR count). The summed E-state index contributed by atoms with van der Waals surface area (Å²) >= 11 is 1.78. The van der Waals surface area contributed by atoms with Crippen LogP contribution in [-0.2, 0) is 7.05 Å². The molecule has 0 amide bonds. The third kappa shape index (κ3) is 3.76. The fraction of sp³-hybridized carbons (Fsp3) is 0.692. The van der Waals surface area contributed by atoms with Gasteiger partial charge in [0.05, 0.1) is 12.3 Å². The zero-order chi connectivity index (χ0) is 13.2. The molecular weight excluding hydrogens is 244 g/mol. The van der Waals surface area contributed by atoms with E-state index in [0.29, 0.717) is 11.3 Å². The van der Waals surface area contributed by atoms with Gasteiger partial charge in [-0.2, -0.15) is 10.4 Å². The van der Waals surface area contributed by atoms with E-state index in [9.17, 15) is 5.26 Å². The lowest BCUT2D eigenvalue weighted by Gasteiger charge is -2.26. The Morgan fingerprint density at radius 3 is 2.94 bits per heavy atom. The van der Waals surface area contributed by atoms with Gasteiger partial charge in [0.2, 0.25) is 0 Å². The first-order chi connectivity index (χ1) is 8.50. The van der Waals surface area contributed by atoms with Gasteiger partial charge in [-0.25, -0.2) is 0 Å². The first-order valence-corrected chi connectivity index (χ1v) is 7.23. The van der Waals surface area contributed by atoms with Gasteiger partial charge in [-0.3, -0.25) is 10.00 Å². The number of thioether (sulfide) groups is 1. The minimum Gasteiger partial charge on any atom is -0.297 e. The normalized spacial score (nSPS) is 20.1. The molecule has 1 aliphatic rings. The summed E-state index contributed by atoms with van der Waals surface area (Å²) in [6.07, 6.45) is 7.15. The van der Waals surface area contributed by atoms with Crippen LogP contribution >= 0.6 is 11.8 Å². The molecule has 0 saturated heterocycles. The molecule has 1 fully saturated rings. The van der Waals surface area contributed by atoms with Gasteiger partial charge in [0.1, 0.15) is 5.54 Å². The lowest BCUT2D eigenvalue weighted by atomic mass is 9.98. The van der Waals surface area contributed by atoms with Gasteiger partial charge in [0.25, 0.3) is 0 Å². The minimum absolute atomic E-state index is 0.394. The Hall–Kier alpha value is -0.990. The van der Waals surface area contributed by atoms with Gasteiger partial charge in [0.15, 0.2) is 0 Å². The van der Waals surface area contributed by atoms with Crippen LogP contribution in [0.5, 0.6) is 0 Å². The molecule has 4 nitrogen and oxygen atoms in total. The van der Waals surface area contributed by atoms with Crippen LogP contribution in [0.3, 0.4) is 0 Å². The van der Waals surface area contributed by atoms with Crippen molar-refractivity contribution in [1.82, 2.24) is 15.1 Å². The van der Waals surface area contributed by atoms with E-state index < -0.39 is 5.54 Å². The Kier molecular flexibility index (Phi) is 3.98. The largest absolute Gasteiger partial charge is 0.297 e. The molecular formula is C13H20N4S. The Morgan fingerprint density at radius 1 is 1.72 bits per heavy atom. The van der Waals surface area contributed by atoms with E-state index in [1.54, 1.807) is 16.4 Å². The number of aromatic nitrogens is 2. The van der Waals surface area contributed by atoms with Gasteiger partial charge in [-0.1, -0.05) is 6.92 Å². The summed E-state index contributed by atoms with van der Waals surface area (Å²) in [5, 5.41) is 17.3. The number of rotatable bonds is 6. The van der Waals surface area contributed by atoms with E-state index >= 15 is 0 Å². The quantitative estimate of drug-likeness (QED) is 0.801. The Bertz CT molecular complexity index is 446. The number of hydrogen-bond acceptors (Lipinski definition) is 4. The highest BCUT2D eigenvalue weighted by Crippen LogP contribution is 2.30. The van der Waals surface area contributed by atoms with E-state index in [1.807, 2.05) is 26.4 Å². The van der Waals surface area contributed by atoms with Crippen molar-refractivity contribution < 1.29 is 0 Å². The Balaban J connectivity index is 1.88. The summed E-state index contributed by atoms with van der Waals surface area (Å²) in [4.78, 5) is 1.16. The van der Waals surface area contributed by atoms with Crippen LogP contribution in [0, 0.1) is 11.3 Å². The predicted octanol–water partition coefficient (Wildman–Crippen LogP) is 2.33. The second-order valence-electron chi connectivity index (χ2n) is 5.34. The molecule has 2 atom stereocenters. The number of hydrogen-bond donors (Lipinski definition) is 1. The van der Waals surface area contributed by atoms with E-state index in [4.69, 9.17) is 0 Å². The first kappa shape index (κ1) is 13.4. The van der Waals surface area contributed by atoms with Crippen molar-refractivity contribution in [2.24, 2.45) is 7.05 Å². The molecule has 1 aromatic heterocycles. The molecule has 0 aromatic carbocycles. The monoisotopic (exact) mass is 264 g/mol. The fourth-order valence-corrected chi connectivity index (χ4v) is 3.33. The summed E-state index contributed by atoms with van der Waals surface area (Å²) in [7, 11) is 1.92. The van der Waals surface area contributed by atoms with Crippen molar-refractivity contribution in [3.8, 4) is 6.07 Å². The highest BCUT2D eigenvalue weighted by Gasteiger charge is 2.33. The second kappa shape index (κ2) is 5.33. The summed E-state index contributed by atoms with van der Waals surface area (Å²) < 4.78 is 1.81. The highest BCUT2D eigenvalue weighted by molar-refractivity contribution is 7.99. The van der Waals surface area contributed by atoms with Crippen LogP contribution in [0.25, 0.3) is 0 Å². The van der Waals surface area contributed by atoms with Crippen molar-refractivity contribution in [2.45, 2.75) is 54.8 Å². The molecule has 1 aliphatic carbocycles. The zero-order valence-corrected chi connectivity index (χ0v) is 12.0. The molecule has 1 heterocycles. The summed E-state index contributed by atoms with van der Waals surface area (Å²) in [6.45, 7) is 4.17. The minimum atomic E-state index is -0.407. The van der Waals surface area contributed by atoms with Crippen molar-refractivity contribution in [2.75, 3.05) is 0 Å². The summed E-state index contributed by atoms with van der Waals surface area (Å²) in [5.41, 5.74) is -0.407. The van der Waals surface area contributed by atoms with Gasteiger partial charge in [-0.15, -0.1) is 11.8 Å². The van der Waals surface area contributed by atoms with Crippen molar-refractivity contribution >= 4 is 11.8 Å². The maximum absolute atomic E-state index is 9.34. The molecule has 18 heavy (non-hydrogen) atoms. The van der Waals surface area contributed by atoms with Crippen LogP contribution in [-0.4, -0.2) is 26.6 Å². The molecule has 0 bridgehead atoms. The molecule has 0 radical (unpaired) electrons. The molecule has 0 aliphatic heterocycles. The van der Waals surface area contributed by atoms with Crippen LogP contribution in [0.15, 0.2) is 17.3 Å². The van der Waals surface area contributed by atoms with E-state index in [1.165, 1.54) is 12.8 Å². The average molecular weight is 264 g/mol. The average Bonchev–Trinajstić information content (AvgIpc) is 3.00. The van der Waals surface area contributed by atoms with Gasteiger partial charge < -0.3 is 0 Å². The number of nitrogens with one attached hydrogen (secondary N) is 1. The number of aryl methyl sites for hydroxylation is 1. The highest BCUT2D eigenvalue weighted by atomic mass is 32.2. The summed E-state index contributed by atoms with van der Waals surface area (Å²) in [6, 6.07) is 2.99. The predicted molar refractivity (Wildman–Crippen MR) is 73.3 cm³/mol. The molecule has 1 saturated carbocycles. The van der Waals surface area contributed by atoms with E-state index in [2.05, 4.69) is 23.4 Å². The van der Waals surface area contributed by atoms with Gasteiger partial charge >= 0.3 is 0 Å². The topological polar surface area (TPSA) is 53.6 Å². The second-order valence-corrected chi connectivity index (χ2v) is 6.86. The van der Waals surface area contributed by atoms with Gasteiger partial charge in [0, 0.05) is 29.4 Å². The van der Waals surface area contributed by atoms with E-state index in [-0.39, 0.29) is 0 Å². The number of nitriles is 1. The fourth-order valence-electron chi connectivity index (χ4n) is 2.12. The van der Waals surface area contributed by atoms with Crippen molar-refractivity contribution in [3.05, 3.63) is 12.4 Å². The molecule has 1 N–H and O–H groups in total. The van der Waals surface area contributed by atoms with Crippen LogP contribution in [0.2, 0.25) is 0 Å². The maximum atomic E-state index is 9.34. The third-order valence-electron chi connectivity index (χ3n) is 3.06. The summed E-state index contributed by atoms with van der Waals surface area (Å²) in [5.74, 6) is 0. The lowest BCUT2D eigenvalue weighted by Crippen LogP contribution is -2.44. The standard InChI is InChI=1S/C13H20N4S/c1-10(18-12-7-15-17(3)8-12)6-13(2,9-14)16-11-4-5-11/h7-8,10-11,16H,4-6H2,1-3H3. The van der Waals surface area contributed by atoms with Crippen molar-refractivity contribution in [1.29, 1.82) is 5.26 Å². The van der Waals surface area contributed by atoms with Crippen LogP contribution < -0.4 is 5.32 Å². The zero-order valence-electron chi connectivity index (χ0n) is 11.2. The van der Waals surface area contributed by atoms with Crippen LogP contribution in [0.4, 0.5) is 0 Å². The Morgan fingerprint density at radius 2 is 2.44 bits per heavy atom. The van der Waals surface area contributed by atoms with Gasteiger partial charge in [-0.05, 0) is 26.2 Å². The first-order valence-electron chi connectivity index (χ1n) is 6.35. The molecule has 1 aromatic rings. The van der Waals surface area contributed by atoms with Crippen LogP contribution in [0.1, 0.15) is 33.1 Å². The van der Waals surface area contributed by atoms with E-state index in [0.717, 1.165) is 11.3 Å². The third-order valence-corrected chi connectivity index (χ3v) is 4.11. The molecule has 2 unspecified atom stereocenters. The molecule has 0 spiro atoms. The number of nitrogens with zero attached hydrogens (tertiary/aromatic N) is 3. The maximum Gasteiger partial charge on any atom is 0.105 e. The Labute approximate surface area is 113 Å². The molecule has 98 valence electrons. The SMILES string of the molecule is CC(CC(C)(C#N)NC1CC1)Sc1cnn(C)c1. The van der Waals surface area contributed by atoms with Crippen molar-refractivity contribution in [3.63, 3.8) is 0 Å². The molecule has 5 heteroatoms. The lowest BCUT2D eigenvalue weighted by molar-refractivity contribution is 0.415.